The lowest BCUT2D eigenvalue weighted by atomic mass is 9.94. The topological polar surface area (TPSA) is 104 Å². The SMILES string of the molecule is CCOc1cc(C2/C(=C(\O)c3ccc4c(c3)OCCO4)C(=O)C(=O)N2c2cccc(OC)c2)ccc1OC. The highest BCUT2D eigenvalue weighted by Crippen LogP contribution is 2.45. The summed E-state index contributed by atoms with van der Waals surface area (Å²) >= 11 is 0. The van der Waals surface area contributed by atoms with Gasteiger partial charge in [-0.05, 0) is 55.0 Å². The van der Waals surface area contributed by atoms with Crippen LogP contribution in [0, 0.1) is 0 Å². The summed E-state index contributed by atoms with van der Waals surface area (Å²) in [6.45, 7) is 3.01. The molecule has 9 nitrogen and oxygen atoms in total. The molecule has 38 heavy (non-hydrogen) atoms. The summed E-state index contributed by atoms with van der Waals surface area (Å²) < 4.78 is 27.8. The van der Waals surface area contributed by atoms with Crippen molar-refractivity contribution >= 4 is 23.1 Å². The van der Waals surface area contributed by atoms with Gasteiger partial charge < -0.3 is 28.8 Å². The largest absolute Gasteiger partial charge is 0.507 e. The van der Waals surface area contributed by atoms with Crippen LogP contribution in [0.15, 0.2) is 66.2 Å². The lowest BCUT2D eigenvalue weighted by Gasteiger charge is -2.26. The maximum absolute atomic E-state index is 13.5. The summed E-state index contributed by atoms with van der Waals surface area (Å²) in [6, 6.07) is 15.9. The van der Waals surface area contributed by atoms with Gasteiger partial charge in [0.05, 0.1) is 32.4 Å². The molecule has 0 aliphatic carbocycles. The number of fused-ring (bicyclic) bond motifs is 1. The Balaban J connectivity index is 1.71. The van der Waals surface area contributed by atoms with Gasteiger partial charge in [-0.25, -0.2) is 0 Å². The number of Topliss-reactive ketones (excluding diaryl/α,β-unsaturated/α-hetero) is 1. The van der Waals surface area contributed by atoms with Gasteiger partial charge in [0.25, 0.3) is 11.7 Å². The minimum absolute atomic E-state index is 0.0675. The molecule has 2 heterocycles. The first-order valence-electron chi connectivity index (χ1n) is 12.1. The van der Waals surface area contributed by atoms with Gasteiger partial charge >= 0.3 is 0 Å². The number of nitrogens with zero attached hydrogens (tertiary/aromatic N) is 1. The molecule has 1 amide bonds. The van der Waals surface area contributed by atoms with E-state index in [1.807, 2.05) is 6.92 Å². The van der Waals surface area contributed by atoms with E-state index in [-0.39, 0.29) is 11.3 Å². The van der Waals surface area contributed by atoms with Gasteiger partial charge in [0.2, 0.25) is 0 Å². The summed E-state index contributed by atoms with van der Waals surface area (Å²) in [7, 11) is 3.05. The number of hydrogen-bond donors (Lipinski definition) is 1. The summed E-state index contributed by atoms with van der Waals surface area (Å²) in [5.74, 6) is 0.516. The van der Waals surface area contributed by atoms with Crippen molar-refractivity contribution in [1.29, 1.82) is 0 Å². The van der Waals surface area contributed by atoms with E-state index in [1.54, 1.807) is 60.7 Å². The smallest absolute Gasteiger partial charge is 0.300 e. The van der Waals surface area contributed by atoms with E-state index >= 15 is 0 Å². The Bertz CT molecular complexity index is 1430. The van der Waals surface area contributed by atoms with Crippen molar-refractivity contribution in [2.75, 3.05) is 38.9 Å². The lowest BCUT2D eigenvalue weighted by molar-refractivity contribution is -0.132. The zero-order valence-electron chi connectivity index (χ0n) is 21.2. The molecule has 9 heteroatoms. The van der Waals surface area contributed by atoms with Crippen LogP contribution in [0.1, 0.15) is 24.1 Å². The Morgan fingerprint density at radius 2 is 1.74 bits per heavy atom. The third-order valence-corrected chi connectivity index (χ3v) is 6.39. The van der Waals surface area contributed by atoms with E-state index in [9.17, 15) is 14.7 Å². The highest BCUT2D eigenvalue weighted by atomic mass is 16.6. The standard InChI is InChI=1S/C29H27NO8/c1-4-36-23-14-17(8-10-21(23)35-3)26-25(27(31)18-9-11-22-24(15-18)38-13-12-37-22)28(32)29(33)30(26)19-6-5-7-20(16-19)34-2/h5-11,14-16,26,31H,4,12-13H2,1-3H3/b27-25+. The Morgan fingerprint density at radius 1 is 0.947 bits per heavy atom. The zero-order valence-corrected chi connectivity index (χ0v) is 21.2. The molecule has 0 aromatic heterocycles. The van der Waals surface area contributed by atoms with E-state index in [1.165, 1.54) is 19.1 Å². The van der Waals surface area contributed by atoms with Gasteiger partial charge in [-0.1, -0.05) is 12.1 Å². The van der Waals surface area contributed by atoms with Crippen LogP contribution in [0.3, 0.4) is 0 Å². The number of methoxy groups -OCH3 is 2. The first-order chi connectivity index (χ1) is 18.5. The van der Waals surface area contributed by atoms with Gasteiger partial charge in [0, 0.05) is 17.3 Å². The second-order valence-electron chi connectivity index (χ2n) is 8.57. The zero-order chi connectivity index (χ0) is 26.8. The molecule has 5 rings (SSSR count). The average molecular weight is 518 g/mol. The van der Waals surface area contributed by atoms with E-state index < -0.39 is 17.7 Å². The van der Waals surface area contributed by atoms with Crippen molar-refractivity contribution in [3.63, 3.8) is 0 Å². The van der Waals surface area contributed by atoms with Crippen LogP contribution in [0.4, 0.5) is 5.69 Å². The number of anilines is 1. The third-order valence-electron chi connectivity index (χ3n) is 6.39. The summed E-state index contributed by atoms with van der Waals surface area (Å²) in [6.07, 6.45) is 0. The maximum atomic E-state index is 13.5. The molecule has 1 saturated heterocycles. The van der Waals surface area contributed by atoms with Crippen LogP contribution in [0.25, 0.3) is 5.76 Å². The van der Waals surface area contributed by atoms with E-state index in [0.717, 1.165) is 0 Å². The number of carbonyl (C=O) groups is 2. The molecule has 1 N–H and O–H groups in total. The van der Waals surface area contributed by atoms with Crippen LogP contribution in [-0.4, -0.2) is 50.8 Å². The number of benzene rings is 3. The van der Waals surface area contributed by atoms with Gasteiger partial charge in [-0.15, -0.1) is 0 Å². The predicted octanol–water partition coefficient (Wildman–Crippen LogP) is 4.50. The average Bonchev–Trinajstić information content (AvgIpc) is 3.22. The van der Waals surface area contributed by atoms with Crippen molar-refractivity contribution in [1.82, 2.24) is 0 Å². The predicted molar refractivity (Wildman–Crippen MR) is 139 cm³/mol. The Labute approximate surface area is 219 Å². The van der Waals surface area contributed by atoms with Crippen molar-refractivity contribution in [2.24, 2.45) is 0 Å². The number of aliphatic hydroxyl groups is 1. The maximum Gasteiger partial charge on any atom is 0.300 e. The highest BCUT2D eigenvalue weighted by Gasteiger charge is 2.47. The number of carbonyl (C=O) groups excluding carboxylic acids is 2. The van der Waals surface area contributed by atoms with Crippen LogP contribution < -0.4 is 28.6 Å². The van der Waals surface area contributed by atoms with E-state index in [2.05, 4.69) is 0 Å². The molecule has 2 aliphatic rings. The molecule has 2 aliphatic heterocycles. The molecule has 1 atom stereocenters. The number of rotatable bonds is 7. The molecule has 0 radical (unpaired) electrons. The number of aliphatic hydroxyl groups excluding tert-OH is 1. The van der Waals surface area contributed by atoms with Crippen molar-refractivity contribution in [2.45, 2.75) is 13.0 Å². The Morgan fingerprint density at radius 3 is 2.47 bits per heavy atom. The normalized spacial score (nSPS) is 17.9. The van der Waals surface area contributed by atoms with Gasteiger partial charge in [-0.3, -0.25) is 14.5 Å². The summed E-state index contributed by atoms with van der Waals surface area (Å²) in [5, 5.41) is 11.5. The molecule has 1 fully saturated rings. The Kier molecular flexibility index (Phi) is 6.83. The highest BCUT2D eigenvalue weighted by molar-refractivity contribution is 6.51. The quantitative estimate of drug-likeness (QED) is 0.278. The first kappa shape index (κ1) is 25.0. The molecule has 1 unspecified atom stereocenters. The molecule has 196 valence electrons. The van der Waals surface area contributed by atoms with Gasteiger partial charge in [0.15, 0.2) is 23.0 Å². The molecule has 0 bridgehead atoms. The third kappa shape index (κ3) is 4.36. The number of ketones is 1. The monoisotopic (exact) mass is 517 g/mol. The molecular formula is C29H27NO8. The number of amides is 1. The van der Waals surface area contributed by atoms with Crippen molar-refractivity contribution < 1.29 is 38.4 Å². The fraction of sp³-hybridized carbons (Fsp3) is 0.241. The minimum atomic E-state index is -0.958. The molecular weight excluding hydrogens is 490 g/mol. The van der Waals surface area contributed by atoms with Crippen LogP contribution in [-0.2, 0) is 9.59 Å². The van der Waals surface area contributed by atoms with Crippen molar-refractivity contribution in [3.05, 3.63) is 77.4 Å². The van der Waals surface area contributed by atoms with Crippen LogP contribution in [0.5, 0.6) is 28.7 Å². The molecule has 0 saturated carbocycles. The number of hydrogen-bond acceptors (Lipinski definition) is 8. The second kappa shape index (κ2) is 10.4. The van der Waals surface area contributed by atoms with Crippen molar-refractivity contribution in [3.8, 4) is 28.7 Å². The second-order valence-corrected chi connectivity index (χ2v) is 8.57. The molecule has 3 aromatic rings. The molecule has 0 spiro atoms. The Hall–Kier alpha value is -4.66. The van der Waals surface area contributed by atoms with E-state index in [4.69, 9.17) is 23.7 Å². The fourth-order valence-electron chi connectivity index (χ4n) is 4.65. The number of ether oxygens (including phenoxy) is 5. The molecule has 3 aromatic carbocycles. The van der Waals surface area contributed by atoms with Crippen LogP contribution in [0.2, 0.25) is 0 Å². The minimum Gasteiger partial charge on any atom is -0.507 e. The van der Waals surface area contributed by atoms with E-state index in [0.29, 0.717) is 65.4 Å². The summed E-state index contributed by atoms with van der Waals surface area (Å²) in [4.78, 5) is 28.4. The fourth-order valence-corrected chi connectivity index (χ4v) is 4.65. The lowest BCUT2D eigenvalue weighted by Crippen LogP contribution is -2.29. The van der Waals surface area contributed by atoms with Gasteiger partial charge in [0.1, 0.15) is 24.7 Å². The van der Waals surface area contributed by atoms with Gasteiger partial charge in [-0.2, -0.15) is 0 Å². The first-order valence-corrected chi connectivity index (χ1v) is 12.1. The van der Waals surface area contributed by atoms with Crippen LogP contribution >= 0.6 is 0 Å². The summed E-state index contributed by atoms with van der Waals surface area (Å²) in [5.41, 5.74) is 1.24.